The average molecular weight is 277 g/mol. The van der Waals surface area contributed by atoms with E-state index in [0.29, 0.717) is 6.04 Å². The van der Waals surface area contributed by atoms with Crippen LogP contribution in [-0.2, 0) is 6.54 Å². The fourth-order valence-corrected chi connectivity index (χ4v) is 2.34. The molecule has 1 N–H and O–H groups in total. The zero-order valence-electron chi connectivity index (χ0n) is 13.8. The molecule has 0 atom stereocenters. The van der Waals surface area contributed by atoms with Gasteiger partial charge in [0.25, 0.3) is 0 Å². The summed E-state index contributed by atoms with van der Waals surface area (Å²) in [6, 6.07) is 4.85. The molecule has 1 aromatic rings. The van der Waals surface area contributed by atoms with E-state index in [1.807, 2.05) is 6.20 Å². The van der Waals surface area contributed by atoms with E-state index in [1.54, 1.807) is 0 Å². The molecule has 0 aromatic carbocycles. The first-order valence-electron chi connectivity index (χ1n) is 8.03. The Bertz CT molecular complexity index is 372. The predicted octanol–water partition coefficient (Wildman–Crippen LogP) is 3.84. The van der Waals surface area contributed by atoms with Gasteiger partial charge in [-0.15, -0.1) is 0 Å². The van der Waals surface area contributed by atoms with Gasteiger partial charge in [0.15, 0.2) is 0 Å². The van der Waals surface area contributed by atoms with E-state index in [9.17, 15) is 0 Å². The Morgan fingerprint density at radius 3 is 2.45 bits per heavy atom. The minimum atomic E-state index is 0.493. The summed E-state index contributed by atoms with van der Waals surface area (Å²) in [6.45, 7) is 14.2. The van der Waals surface area contributed by atoms with E-state index in [0.717, 1.165) is 31.2 Å². The maximum atomic E-state index is 4.46. The first-order chi connectivity index (χ1) is 9.60. The van der Waals surface area contributed by atoms with Gasteiger partial charge in [-0.3, -0.25) is 4.98 Å². The maximum Gasteiger partial charge on any atom is 0.0562 e. The van der Waals surface area contributed by atoms with Gasteiger partial charge in [-0.05, 0) is 25.0 Å². The molecule has 0 bridgehead atoms. The van der Waals surface area contributed by atoms with Crippen molar-refractivity contribution >= 4 is 5.69 Å². The van der Waals surface area contributed by atoms with Crippen molar-refractivity contribution in [2.45, 2.75) is 60.0 Å². The van der Waals surface area contributed by atoms with Crippen molar-refractivity contribution in [3.05, 3.63) is 24.0 Å². The minimum absolute atomic E-state index is 0.493. The molecule has 0 aliphatic rings. The molecule has 0 unspecified atom stereocenters. The van der Waals surface area contributed by atoms with Gasteiger partial charge >= 0.3 is 0 Å². The van der Waals surface area contributed by atoms with E-state index in [2.05, 4.69) is 62.0 Å². The monoisotopic (exact) mass is 277 g/mol. The summed E-state index contributed by atoms with van der Waals surface area (Å²) in [5.41, 5.74) is 2.43. The highest BCUT2D eigenvalue weighted by Gasteiger charge is 2.11. The Morgan fingerprint density at radius 1 is 1.20 bits per heavy atom. The fraction of sp³-hybridized carbons (Fsp3) is 0.706. The molecule has 1 rings (SSSR count). The molecule has 0 radical (unpaired) electrons. The van der Waals surface area contributed by atoms with Crippen molar-refractivity contribution in [2.75, 3.05) is 18.0 Å². The molecule has 0 saturated heterocycles. The van der Waals surface area contributed by atoms with Crippen molar-refractivity contribution in [2.24, 2.45) is 5.92 Å². The van der Waals surface area contributed by atoms with Crippen LogP contribution in [0, 0.1) is 5.92 Å². The molecule has 3 nitrogen and oxygen atoms in total. The number of aromatic nitrogens is 1. The summed E-state index contributed by atoms with van der Waals surface area (Å²) in [4.78, 5) is 6.93. The van der Waals surface area contributed by atoms with Gasteiger partial charge in [-0.1, -0.05) is 40.5 Å². The standard InChI is InChI=1S/C17H31N3/c1-6-15(7-2)13-20(8-3)17-9-10-18-16(11-17)12-19-14(4)5/h9-11,14-15,19H,6-8,12-13H2,1-5H3. The van der Waals surface area contributed by atoms with Gasteiger partial charge in [-0.2, -0.15) is 0 Å². The Balaban J connectivity index is 2.74. The summed E-state index contributed by atoms with van der Waals surface area (Å²) < 4.78 is 0. The molecular formula is C17H31N3. The largest absolute Gasteiger partial charge is 0.371 e. The van der Waals surface area contributed by atoms with Gasteiger partial charge in [0.1, 0.15) is 0 Å². The Hall–Kier alpha value is -1.09. The third-order valence-electron chi connectivity index (χ3n) is 3.87. The molecule has 20 heavy (non-hydrogen) atoms. The molecule has 1 aromatic heterocycles. The van der Waals surface area contributed by atoms with Crippen molar-refractivity contribution in [1.82, 2.24) is 10.3 Å². The van der Waals surface area contributed by atoms with Crippen LogP contribution in [-0.4, -0.2) is 24.1 Å². The second-order valence-corrected chi connectivity index (χ2v) is 5.76. The van der Waals surface area contributed by atoms with E-state index in [-0.39, 0.29) is 0 Å². The zero-order valence-corrected chi connectivity index (χ0v) is 13.8. The lowest BCUT2D eigenvalue weighted by Gasteiger charge is -2.27. The Morgan fingerprint density at radius 2 is 1.90 bits per heavy atom. The predicted molar refractivity (Wildman–Crippen MR) is 88.2 cm³/mol. The fourth-order valence-electron chi connectivity index (χ4n) is 2.34. The molecule has 0 amide bonds. The number of pyridine rings is 1. The van der Waals surface area contributed by atoms with Crippen LogP contribution in [0.5, 0.6) is 0 Å². The molecule has 1 heterocycles. The third kappa shape index (κ3) is 5.49. The van der Waals surface area contributed by atoms with E-state index >= 15 is 0 Å². The van der Waals surface area contributed by atoms with Crippen molar-refractivity contribution < 1.29 is 0 Å². The topological polar surface area (TPSA) is 28.2 Å². The van der Waals surface area contributed by atoms with Crippen LogP contribution in [0.15, 0.2) is 18.3 Å². The second-order valence-electron chi connectivity index (χ2n) is 5.76. The lowest BCUT2D eigenvalue weighted by Crippen LogP contribution is -2.29. The van der Waals surface area contributed by atoms with Crippen molar-refractivity contribution in [3.63, 3.8) is 0 Å². The number of anilines is 1. The highest BCUT2D eigenvalue weighted by Crippen LogP contribution is 2.18. The van der Waals surface area contributed by atoms with Crippen LogP contribution in [0.4, 0.5) is 5.69 Å². The SMILES string of the molecule is CCC(CC)CN(CC)c1ccnc(CNC(C)C)c1. The number of rotatable bonds is 9. The Kier molecular flexibility index (Phi) is 7.60. The number of hydrogen-bond acceptors (Lipinski definition) is 3. The van der Waals surface area contributed by atoms with Crippen molar-refractivity contribution in [1.29, 1.82) is 0 Å². The van der Waals surface area contributed by atoms with Crippen LogP contribution in [0.3, 0.4) is 0 Å². The number of hydrogen-bond donors (Lipinski definition) is 1. The smallest absolute Gasteiger partial charge is 0.0562 e. The average Bonchev–Trinajstić information content (AvgIpc) is 2.47. The normalized spacial score (nSPS) is 11.3. The first-order valence-corrected chi connectivity index (χ1v) is 8.03. The zero-order chi connectivity index (χ0) is 15.0. The summed E-state index contributed by atoms with van der Waals surface area (Å²) in [5, 5.41) is 3.43. The van der Waals surface area contributed by atoms with Gasteiger partial charge in [0.2, 0.25) is 0 Å². The third-order valence-corrected chi connectivity index (χ3v) is 3.87. The van der Waals surface area contributed by atoms with Crippen LogP contribution in [0.2, 0.25) is 0 Å². The molecule has 114 valence electrons. The van der Waals surface area contributed by atoms with Crippen LogP contribution < -0.4 is 10.2 Å². The van der Waals surface area contributed by atoms with Crippen molar-refractivity contribution in [3.8, 4) is 0 Å². The molecule has 0 spiro atoms. The van der Waals surface area contributed by atoms with Gasteiger partial charge < -0.3 is 10.2 Å². The molecule has 0 saturated carbocycles. The molecule has 0 fully saturated rings. The minimum Gasteiger partial charge on any atom is -0.371 e. The van der Waals surface area contributed by atoms with Crippen LogP contribution in [0.25, 0.3) is 0 Å². The second kappa shape index (κ2) is 8.96. The summed E-state index contributed by atoms with van der Waals surface area (Å²) in [5.74, 6) is 0.778. The molecule has 0 aliphatic carbocycles. The summed E-state index contributed by atoms with van der Waals surface area (Å²) >= 11 is 0. The van der Waals surface area contributed by atoms with Crippen LogP contribution in [0.1, 0.15) is 53.2 Å². The van der Waals surface area contributed by atoms with Gasteiger partial charge in [-0.25, -0.2) is 0 Å². The Labute approximate surface area is 124 Å². The summed E-state index contributed by atoms with van der Waals surface area (Å²) in [6.07, 6.45) is 4.43. The molecule has 3 heteroatoms. The highest BCUT2D eigenvalue weighted by atomic mass is 15.1. The number of nitrogens with zero attached hydrogens (tertiary/aromatic N) is 2. The van der Waals surface area contributed by atoms with Gasteiger partial charge in [0.05, 0.1) is 5.69 Å². The van der Waals surface area contributed by atoms with Gasteiger partial charge in [0, 0.05) is 37.6 Å². The molecule has 0 aliphatic heterocycles. The maximum absolute atomic E-state index is 4.46. The first kappa shape index (κ1) is 17.0. The quantitative estimate of drug-likeness (QED) is 0.743. The lowest BCUT2D eigenvalue weighted by atomic mass is 10.0. The van der Waals surface area contributed by atoms with E-state index in [1.165, 1.54) is 18.5 Å². The highest BCUT2D eigenvalue weighted by molar-refractivity contribution is 5.46. The van der Waals surface area contributed by atoms with E-state index in [4.69, 9.17) is 0 Å². The number of nitrogens with one attached hydrogen (secondary N) is 1. The lowest BCUT2D eigenvalue weighted by molar-refractivity contribution is 0.486. The molecular weight excluding hydrogens is 246 g/mol. The van der Waals surface area contributed by atoms with Crippen LogP contribution >= 0.6 is 0 Å². The summed E-state index contributed by atoms with van der Waals surface area (Å²) in [7, 11) is 0. The van der Waals surface area contributed by atoms with E-state index < -0.39 is 0 Å².